The maximum atomic E-state index is 12.2. The van der Waals surface area contributed by atoms with Crippen LogP contribution in [-0.2, 0) is 9.47 Å². The highest BCUT2D eigenvalue weighted by atomic mass is 16.6. The minimum absolute atomic E-state index is 0.204. The summed E-state index contributed by atoms with van der Waals surface area (Å²) < 4.78 is 11.4. The fourth-order valence-corrected chi connectivity index (χ4v) is 2.85. The summed E-state index contributed by atoms with van der Waals surface area (Å²) in [6.07, 6.45) is 8.48. The quantitative estimate of drug-likeness (QED) is 0.781. The molecule has 0 aromatic heterocycles. The second kappa shape index (κ2) is 7.21. The van der Waals surface area contributed by atoms with Gasteiger partial charge >= 0.3 is 6.09 Å². The molecule has 1 fully saturated rings. The van der Waals surface area contributed by atoms with Gasteiger partial charge in [0.05, 0.1) is 6.61 Å². The SMILES string of the molecule is CC1=CCCC=C1OCC1CCCN(C(=O)OC(C)(C)C)C1. The Balaban J connectivity index is 1.82. The van der Waals surface area contributed by atoms with Gasteiger partial charge in [-0.25, -0.2) is 4.79 Å². The summed E-state index contributed by atoms with van der Waals surface area (Å²) in [4.78, 5) is 14.0. The van der Waals surface area contributed by atoms with Crippen molar-refractivity contribution in [3.05, 3.63) is 23.5 Å². The van der Waals surface area contributed by atoms with Crippen LogP contribution < -0.4 is 0 Å². The molecule has 0 bridgehead atoms. The molecule has 1 unspecified atom stereocenters. The van der Waals surface area contributed by atoms with Crippen LogP contribution in [-0.4, -0.2) is 36.3 Å². The van der Waals surface area contributed by atoms with Crippen LogP contribution >= 0.6 is 0 Å². The average Bonchev–Trinajstić information content (AvgIpc) is 2.45. The third-order valence-electron chi connectivity index (χ3n) is 3.98. The van der Waals surface area contributed by atoms with Crippen molar-refractivity contribution in [1.29, 1.82) is 0 Å². The van der Waals surface area contributed by atoms with Gasteiger partial charge in [-0.15, -0.1) is 0 Å². The van der Waals surface area contributed by atoms with Gasteiger partial charge in [0.25, 0.3) is 0 Å². The number of likely N-dealkylation sites (tertiary alicyclic amines) is 1. The zero-order valence-electron chi connectivity index (χ0n) is 14.4. The molecule has 0 aromatic rings. The lowest BCUT2D eigenvalue weighted by atomic mass is 9.99. The molecule has 0 saturated carbocycles. The van der Waals surface area contributed by atoms with Crippen LogP contribution in [0.4, 0.5) is 4.79 Å². The highest BCUT2D eigenvalue weighted by Crippen LogP contribution is 2.23. The van der Waals surface area contributed by atoms with Crippen molar-refractivity contribution in [3.8, 4) is 0 Å². The average molecular weight is 307 g/mol. The molecule has 1 atom stereocenters. The molecule has 22 heavy (non-hydrogen) atoms. The summed E-state index contributed by atoms with van der Waals surface area (Å²) in [7, 11) is 0. The van der Waals surface area contributed by atoms with Gasteiger partial charge in [0.2, 0.25) is 0 Å². The predicted molar refractivity (Wildman–Crippen MR) is 87.6 cm³/mol. The van der Waals surface area contributed by atoms with E-state index in [1.165, 1.54) is 5.57 Å². The molecule has 0 N–H and O–H groups in total. The number of rotatable bonds is 3. The molecular weight excluding hydrogens is 278 g/mol. The lowest BCUT2D eigenvalue weighted by molar-refractivity contribution is 0.0117. The maximum absolute atomic E-state index is 12.2. The van der Waals surface area contributed by atoms with Gasteiger partial charge in [-0.05, 0) is 65.0 Å². The number of amides is 1. The van der Waals surface area contributed by atoms with Crippen molar-refractivity contribution >= 4 is 6.09 Å². The lowest BCUT2D eigenvalue weighted by Crippen LogP contribution is -2.43. The first-order valence-corrected chi connectivity index (χ1v) is 8.33. The molecule has 4 heteroatoms. The minimum Gasteiger partial charge on any atom is -0.493 e. The number of hydrogen-bond donors (Lipinski definition) is 0. The molecular formula is C18H29NO3. The summed E-state index contributed by atoms with van der Waals surface area (Å²) in [6.45, 7) is 9.99. The molecule has 1 heterocycles. The van der Waals surface area contributed by atoms with Gasteiger partial charge in [-0.3, -0.25) is 0 Å². The molecule has 4 nitrogen and oxygen atoms in total. The fourth-order valence-electron chi connectivity index (χ4n) is 2.85. The second-order valence-corrected chi connectivity index (χ2v) is 7.28. The molecule has 2 aliphatic rings. The first kappa shape index (κ1) is 16.9. The minimum atomic E-state index is -0.435. The Morgan fingerprint density at radius 3 is 2.73 bits per heavy atom. The summed E-state index contributed by atoms with van der Waals surface area (Å²) >= 11 is 0. The van der Waals surface area contributed by atoms with Gasteiger partial charge in [0.15, 0.2) is 0 Å². The monoisotopic (exact) mass is 307 g/mol. The fraction of sp³-hybridized carbons (Fsp3) is 0.722. The van der Waals surface area contributed by atoms with Crippen LogP contribution in [0.25, 0.3) is 0 Å². The normalized spacial score (nSPS) is 22.7. The first-order valence-electron chi connectivity index (χ1n) is 8.33. The topological polar surface area (TPSA) is 38.8 Å². The molecule has 0 spiro atoms. The molecule has 1 aliphatic carbocycles. The number of carbonyl (C=O) groups excluding carboxylic acids is 1. The largest absolute Gasteiger partial charge is 0.493 e. The van der Waals surface area contributed by atoms with E-state index in [0.29, 0.717) is 12.5 Å². The van der Waals surface area contributed by atoms with Crippen LogP contribution in [0.5, 0.6) is 0 Å². The van der Waals surface area contributed by atoms with E-state index in [9.17, 15) is 4.79 Å². The zero-order valence-corrected chi connectivity index (χ0v) is 14.4. The number of allylic oxidation sites excluding steroid dienone is 3. The van der Waals surface area contributed by atoms with Crippen molar-refractivity contribution in [2.45, 2.75) is 59.0 Å². The molecule has 2 rings (SSSR count). The van der Waals surface area contributed by atoms with E-state index < -0.39 is 5.60 Å². The van der Waals surface area contributed by atoms with Gasteiger partial charge in [-0.2, -0.15) is 0 Å². The highest BCUT2D eigenvalue weighted by Gasteiger charge is 2.28. The maximum Gasteiger partial charge on any atom is 0.410 e. The summed E-state index contributed by atoms with van der Waals surface area (Å²) in [5.41, 5.74) is 0.793. The van der Waals surface area contributed by atoms with Crippen LogP contribution in [0.2, 0.25) is 0 Å². The van der Waals surface area contributed by atoms with Crippen LogP contribution in [0.3, 0.4) is 0 Å². The Kier molecular flexibility index (Phi) is 5.54. The molecule has 1 amide bonds. The van der Waals surface area contributed by atoms with E-state index in [2.05, 4.69) is 19.1 Å². The van der Waals surface area contributed by atoms with E-state index in [0.717, 1.165) is 44.5 Å². The smallest absolute Gasteiger partial charge is 0.410 e. The standard InChI is InChI=1S/C18H29NO3/c1-14-8-5-6-10-16(14)21-13-15-9-7-11-19(12-15)17(20)22-18(2,3)4/h8,10,15H,5-7,9,11-13H2,1-4H3. The molecule has 0 aromatic carbocycles. The van der Waals surface area contributed by atoms with E-state index in [-0.39, 0.29) is 6.09 Å². The van der Waals surface area contributed by atoms with Crippen LogP contribution in [0.1, 0.15) is 53.4 Å². The zero-order chi connectivity index (χ0) is 16.2. The number of nitrogens with zero attached hydrogens (tertiary/aromatic N) is 1. The molecule has 1 aliphatic heterocycles. The van der Waals surface area contributed by atoms with Crippen LogP contribution in [0.15, 0.2) is 23.5 Å². The molecule has 1 saturated heterocycles. The van der Waals surface area contributed by atoms with E-state index >= 15 is 0 Å². The Morgan fingerprint density at radius 1 is 1.32 bits per heavy atom. The van der Waals surface area contributed by atoms with Crippen molar-refractivity contribution in [2.24, 2.45) is 5.92 Å². The van der Waals surface area contributed by atoms with Gasteiger partial charge < -0.3 is 14.4 Å². The Bertz CT molecular complexity index is 459. The molecule has 124 valence electrons. The van der Waals surface area contributed by atoms with E-state index in [4.69, 9.17) is 9.47 Å². The second-order valence-electron chi connectivity index (χ2n) is 7.28. The molecule has 0 radical (unpaired) electrons. The van der Waals surface area contributed by atoms with Gasteiger partial charge in [0, 0.05) is 19.0 Å². The predicted octanol–water partition coefficient (Wildman–Crippen LogP) is 4.27. The summed E-state index contributed by atoms with van der Waals surface area (Å²) in [5.74, 6) is 1.40. The van der Waals surface area contributed by atoms with E-state index in [1.807, 2.05) is 25.7 Å². The van der Waals surface area contributed by atoms with Crippen LogP contribution in [0, 0.1) is 5.92 Å². The first-order chi connectivity index (χ1) is 10.3. The Labute approximate surface area is 134 Å². The number of carbonyl (C=O) groups is 1. The Hall–Kier alpha value is -1.45. The third kappa shape index (κ3) is 5.08. The van der Waals surface area contributed by atoms with Crippen molar-refractivity contribution in [2.75, 3.05) is 19.7 Å². The lowest BCUT2D eigenvalue weighted by Gasteiger charge is -2.34. The highest BCUT2D eigenvalue weighted by molar-refractivity contribution is 5.68. The van der Waals surface area contributed by atoms with Gasteiger partial charge in [0.1, 0.15) is 11.4 Å². The number of piperidine rings is 1. The van der Waals surface area contributed by atoms with Crippen molar-refractivity contribution < 1.29 is 14.3 Å². The Morgan fingerprint density at radius 2 is 2.05 bits per heavy atom. The van der Waals surface area contributed by atoms with Gasteiger partial charge in [-0.1, -0.05) is 6.08 Å². The summed E-state index contributed by atoms with van der Waals surface area (Å²) in [6, 6.07) is 0. The number of hydrogen-bond acceptors (Lipinski definition) is 3. The van der Waals surface area contributed by atoms with E-state index in [1.54, 1.807) is 0 Å². The number of ether oxygens (including phenoxy) is 2. The third-order valence-corrected chi connectivity index (χ3v) is 3.98. The summed E-state index contributed by atoms with van der Waals surface area (Å²) in [5, 5.41) is 0. The van der Waals surface area contributed by atoms with Crippen molar-refractivity contribution in [1.82, 2.24) is 4.90 Å². The van der Waals surface area contributed by atoms with Crippen molar-refractivity contribution in [3.63, 3.8) is 0 Å².